The zero-order valence-electron chi connectivity index (χ0n) is 20.0. The molecule has 0 bridgehead atoms. The first kappa shape index (κ1) is 27.6. The molecule has 196 valence electrons. The molecular weight excluding hydrogens is 512 g/mol. The summed E-state index contributed by atoms with van der Waals surface area (Å²) in [5.41, 5.74) is -2.20. The molecule has 36 heavy (non-hydrogen) atoms. The zero-order valence-corrected chi connectivity index (χ0v) is 21.6. The van der Waals surface area contributed by atoms with E-state index in [0.717, 1.165) is 24.3 Å². The molecule has 0 heterocycles. The number of hydrogen-bond donors (Lipinski definition) is 2. The summed E-state index contributed by atoms with van der Waals surface area (Å²) in [6.07, 6.45) is 1.22. The van der Waals surface area contributed by atoms with E-state index in [1.807, 2.05) is 20.8 Å². The molecule has 2 aromatic rings. The first-order chi connectivity index (χ1) is 16.6. The predicted octanol–water partition coefficient (Wildman–Crippen LogP) is 3.34. The molecule has 1 saturated carbocycles. The van der Waals surface area contributed by atoms with E-state index in [9.17, 15) is 37.1 Å². The third-order valence-electron chi connectivity index (χ3n) is 6.16. The van der Waals surface area contributed by atoms with Gasteiger partial charge < -0.3 is 0 Å². The Bertz CT molecular complexity index is 1390. The van der Waals surface area contributed by atoms with Gasteiger partial charge in [-0.15, -0.1) is 0 Å². The summed E-state index contributed by atoms with van der Waals surface area (Å²) in [6, 6.07) is 9.44. The lowest BCUT2D eigenvalue weighted by atomic mass is 9.63. The van der Waals surface area contributed by atoms with E-state index >= 15 is 0 Å². The minimum Gasteiger partial charge on any atom is -0.258 e. The highest BCUT2D eigenvalue weighted by atomic mass is 32.2. The monoisotopic (exact) mass is 540 g/mol. The minimum atomic E-state index is -4.24. The third kappa shape index (κ3) is 6.24. The Morgan fingerprint density at radius 1 is 0.833 bits per heavy atom. The van der Waals surface area contributed by atoms with Crippen molar-refractivity contribution in [2.24, 2.45) is 10.8 Å². The van der Waals surface area contributed by atoms with Gasteiger partial charge in [-0.3, -0.25) is 20.2 Å². The molecule has 0 aromatic heterocycles. The molecule has 2 N–H and O–H groups in total. The van der Waals surface area contributed by atoms with Gasteiger partial charge in [0.1, 0.15) is 0 Å². The second kappa shape index (κ2) is 9.84. The summed E-state index contributed by atoms with van der Waals surface area (Å²) >= 11 is 0. The fourth-order valence-electron chi connectivity index (χ4n) is 5.15. The van der Waals surface area contributed by atoms with Crippen molar-refractivity contribution in [3.8, 4) is 0 Å². The molecule has 0 spiro atoms. The van der Waals surface area contributed by atoms with Crippen molar-refractivity contribution < 1.29 is 26.7 Å². The molecule has 2 aromatic carbocycles. The fraction of sp³-hybridized carbons (Fsp3) is 0.455. The molecule has 0 radical (unpaired) electrons. The number of benzene rings is 2. The van der Waals surface area contributed by atoms with Gasteiger partial charge >= 0.3 is 0 Å². The first-order valence-electron chi connectivity index (χ1n) is 11.0. The van der Waals surface area contributed by atoms with Crippen LogP contribution in [0.25, 0.3) is 0 Å². The van der Waals surface area contributed by atoms with Gasteiger partial charge in [-0.2, -0.15) is 0 Å². The number of hydrogen-bond acceptors (Lipinski definition) is 8. The van der Waals surface area contributed by atoms with Crippen molar-refractivity contribution in [2.45, 2.75) is 55.9 Å². The van der Waals surface area contributed by atoms with Crippen LogP contribution in [0.5, 0.6) is 0 Å². The average molecular weight is 541 g/mol. The Morgan fingerprint density at radius 2 is 1.31 bits per heavy atom. The number of nitrogens with zero attached hydrogens (tertiary/aromatic N) is 2. The summed E-state index contributed by atoms with van der Waals surface area (Å²) in [7, 11) is -8.47. The van der Waals surface area contributed by atoms with Crippen LogP contribution in [0.1, 0.15) is 40.0 Å². The second-order valence-electron chi connectivity index (χ2n) is 10.2. The van der Waals surface area contributed by atoms with Crippen LogP contribution in [0.2, 0.25) is 0 Å². The largest absolute Gasteiger partial charge is 0.289 e. The Hall–Kier alpha value is -2.94. The normalized spacial score (nSPS) is 22.1. The van der Waals surface area contributed by atoms with E-state index < -0.39 is 67.9 Å². The van der Waals surface area contributed by atoms with Crippen molar-refractivity contribution in [3.63, 3.8) is 0 Å². The van der Waals surface area contributed by atoms with Gasteiger partial charge in [-0.05, 0) is 42.2 Å². The third-order valence-corrected chi connectivity index (χ3v) is 9.17. The van der Waals surface area contributed by atoms with Crippen molar-refractivity contribution in [2.75, 3.05) is 6.54 Å². The number of para-hydroxylation sites is 2. The number of nitro benzene ring substituents is 2. The molecule has 0 amide bonds. The molecule has 1 fully saturated rings. The lowest BCUT2D eigenvalue weighted by Crippen LogP contribution is -2.50. The van der Waals surface area contributed by atoms with Crippen molar-refractivity contribution in [1.82, 2.24) is 9.44 Å². The molecule has 3 rings (SSSR count). The van der Waals surface area contributed by atoms with E-state index in [1.54, 1.807) is 0 Å². The first-order valence-corrected chi connectivity index (χ1v) is 14.0. The Morgan fingerprint density at radius 3 is 1.81 bits per heavy atom. The average Bonchev–Trinajstić information content (AvgIpc) is 2.76. The van der Waals surface area contributed by atoms with Crippen LogP contribution >= 0.6 is 0 Å². The fourth-order valence-corrected chi connectivity index (χ4v) is 7.93. The summed E-state index contributed by atoms with van der Waals surface area (Å²) in [5, 5.41) is 22.6. The van der Waals surface area contributed by atoms with Crippen molar-refractivity contribution in [1.29, 1.82) is 0 Å². The van der Waals surface area contributed by atoms with Crippen molar-refractivity contribution in [3.05, 3.63) is 68.8 Å². The highest BCUT2D eigenvalue weighted by molar-refractivity contribution is 7.90. The standard InChI is InChI=1S/C22H28N4O8S2/c1-21(2)12-16(24-36(33,34)20-11-7-5-9-18(20)26(29)30)13-22(3,14-21)15-23-35(31,32)19-10-6-4-8-17(19)25(27)28/h4-11,16,23-24H,12-15H2,1-3H3/t16-,22+/m1/s1. The smallest absolute Gasteiger partial charge is 0.258 e. The molecule has 0 aliphatic heterocycles. The van der Waals surface area contributed by atoms with Gasteiger partial charge in [0.05, 0.1) is 9.85 Å². The Kier molecular flexibility index (Phi) is 7.56. The van der Waals surface area contributed by atoms with Crippen LogP contribution < -0.4 is 9.44 Å². The highest BCUT2D eigenvalue weighted by Gasteiger charge is 2.43. The van der Waals surface area contributed by atoms with Crippen LogP contribution in [-0.4, -0.2) is 39.3 Å². The number of nitro groups is 2. The molecule has 12 nitrogen and oxygen atoms in total. The predicted molar refractivity (Wildman–Crippen MR) is 131 cm³/mol. The maximum absolute atomic E-state index is 13.1. The van der Waals surface area contributed by atoms with Gasteiger partial charge in [0.15, 0.2) is 9.79 Å². The van der Waals surface area contributed by atoms with Crippen molar-refractivity contribution >= 4 is 31.4 Å². The Balaban J connectivity index is 1.83. The second-order valence-corrected chi connectivity index (χ2v) is 13.6. The van der Waals surface area contributed by atoms with E-state index in [1.165, 1.54) is 24.3 Å². The van der Waals surface area contributed by atoms with Gasteiger partial charge in [0.25, 0.3) is 11.4 Å². The summed E-state index contributed by atoms with van der Waals surface area (Å²) in [6.45, 7) is 5.57. The maximum Gasteiger partial charge on any atom is 0.289 e. The zero-order chi connectivity index (χ0) is 26.9. The van der Waals surface area contributed by atoms with Gasteiger partial charge in [-0.25, -0.2) is 26.3 Å². The molecule has 2 atom stereocenters. The van der Waals surface area contributed by atoms with Gasteiger partial charge in [0, 0.05) is 24.7 Å². The molecule has 14 heteroatoms. The van der Waals surface area contributed by atoms with E-state index in [2.05, 4.69) is 9.44 Å². The quantitative estimate of drug-likeness (QED) is 0.359. The van der Waals surface area contributed by atoms with Crippen LogP contribution in [0.3, 0.4) is 0 Å². The van der Waals surface area contributed by atoms with Crippen LogP contribution in [0.15, 0.2) is 58.3 Å². The number of rotatable bonds is 9. The minimum absolute atomic E-state index is 0.0888. The van der Waals surface area contributed by atoms with E-state index in [0.29, 0.717) is 12.8 Å². The maximum atomic E-state index is 13.1. The summed E-state index contributed by atoms with van der Waals surface area (Å²) < 4.78 is 57.0. The van der Waals surface area contributed by atoms with E-state index in [-0.39, 0.29) is 13.0 Å². The number of sulfonamides is 2. The molecular formula is C22H28N4O8S2. The summed E-state index contributed by atoms with van der Waals surface area (Å²) in [5.74, 6) is 0. The van der Waals surface area contributed by atoms with Gasteiger partial charge in [-0.1, -0.05) is 45.0 Å². The van der Waals surface area contributed by atoms with Gasteiger partial charge in [0.2, 0.25) is 20.0 Å². The molecule has 0 unspecified atom stereocenters. The number of nitrogens with one attached hydrogen (secondary N) is 2. The van der Waals surface area contributed by atoms with E-state index in [4.69, 9.17) is 0 Å². The lowest BCUT2D eigenvalue weighted by Gasteiger charge is -2.46. The molecule has 0 saturated heterocycles. The molecule has 1 aliphatic carbocycles. The highest BCUT2D eigenvalue weighted by Crippen LogP contribution is 2.46. The topological polar surface area (TPSA) is 179 Å². The van der Waals surface area contributed by atoms with Crippen LogP contribution in [0.4, 0.5) is 11.4 Å². The van der Waals surface area contributed by atoms with Crippen LogP contribution in [-0.2, 0) is 20.0 Å². The Labute approximate surface area is 209 Å². The SMILES string of the molecule is CC1(C)C[C@@H](NS(=O)(=O)c2ccccc2[N+](=O)[O-])C[C@](C)(CNS(=O)(=O)c2ccccc2[N+](=O)[O-])C1. The molecule has 1 aliphatic rings. The summed E-state index contributed by atoms with van der Waals surface area (Å²) in [4.78, 5) is 20.2. The van der Waals surface area contributed by atoms with Crippen LogP contribution in [0, 0.1) is 31.1 Å². The lowest BCUT2D eigenvalue weighted by molar-refractivity contribution is -0.388.